The van der Waals surface area contributed by atoms with Crippen molar-refractivity contribution in [2.75, 3.05) is 0 Å². The molecule has 2 N–H and O–H groups in total. The third kappa shape index (κ3) is 6.69. The van der Waals surface area contributed by atoms with Gasteiger partial charge in [0.15, 0.2) is 5.60 Å². The van der Waals surface area contributed by atoms with E-state index in [-0.39, 0.29) is 11.1 Å². The zero-order valence-electron chi connectivity index (χ0n) is 21.8. The first-order valence-corrected chi connectivity index (χ1v) is 14.3. The number of nitrogens with one attached hydrogen (secondary N) is 2. The van der Waals surface area contributed by atoms with Gasteiger partial charge in [-0.25, -0.2) is 4.79 Å². The van der Waals surface area contributed by atoms with Crippen LogP contribution >= 0.6 is 11.3 Å². The van der Waals surface area contributed by atoms with Crippen LogP contribution in [0.3, 0.4) is 0 Å². The van der Waals surface area contributed by atoms with Crippen LogP contribution in [0.4, 0.5) is 0 Å². The van der Waals surface area contributed by atoms with Gasteiger partial charge in [0.1, 0.15) is 5.56 Å². The number of amides is 2. The third-order valence-electron chi connectivity index (χ3n) is 7.41. The van der Waals surface area contributed by atoms with Crippen LogP contribution in [-0.2, 0) is 28.9 Å². The zero-order valence-corrected chi connectivity index (χ0v) is 22.6. The number of nitrogens with zero attached hydrogens (tertiary/aromatic N) is 1. The maximum Gasteiger partial charge on any atom is 0.344 e. The number of hydrogen-bond donors (Lipinski definition) is 2. The van der Waals surface area contributed by atoms with Crippen LogP contribution in [0.2, 0.25) is 0 Å². The van der Waals surface area contributed by atoms with Crippen LogP contribution in [0.25, 0.3) is 0 Å². The van der Waals surface area contributed by atoms with Crippen molar-refractivity contribution < 1.29 is 19.1 Å². The Morgan fingerprint density at radius 2 is 1.73 bits per heavy atom. The van der Waals surface area contributed by atoms with Gasteiger partial charge in [-0.15, -0.1) is 11.3 Å². The van der Waals surface area contributed by atoms with Gasteiger partial charge < -0.3 is 9.30 Å². The zero-order chi connectivity index (χ0) is 26.4. The molecule has 1 saturated carbocycles. The number of aryl methyl sites for hydroxylation is 1. The minimum atomic E-state index is -1.61. The van der Waals surface area contributed by atoms with Gasteiger partial charge in [-0.1, -0.05) is 38.2 Å². The number of carbonyl (C=O) groups is 3. The first-order valence-electron chi connectivity index (χ1n) is 13.4. The molecule has 0 atom stereocenters. The minimum absolute atomic E-state index is 0.0290. The van der Waals surface area contributed by atoms with Gasteiger partial charge in [-0.2, -0.15) is 0 Å². The fourth-order valence-electron chi connectivity index (χ4n) is 5.27. The van der Waals surface area contributed by atoms with Gasteiger partial charge in [0, 0.05) is 12.2 Å². The Morgan fingerprint density at radius 3 is 2.43 bits per heavy atom. The van der Waals surface area contributed by atoms with Gasteiger partial charge in [0.25, 0.3) is 17.4 Å². The molecule has 1 fully saturated rings. The highest BCUT2D eigenvalue weighted by Crippen LogP contribution is 2.27. The number of hydrazine groups is 1. The highest BCUT2D eigenvalue weighted by atomic mass is 32.1. The average molecular weight is 528 g/mol. The second-order valence-corrected chi connectivity index (χ2v) is 11.6. The van der Waals surface area contributed by atoms with Crippen molar-refractivity contribution in [1.29, 1.82) is 0 Å². The van der Waals surface area contributed by atoms with Crippen molar-refractivity contribution in [3.8, 4) is 0 Å². The van der Waals surface area contributed by atoms with Crippen LogP contribution in [0.15, 0.2) is 28.4 Å². The molecule has 0 unspecified atom stereocenters. The molecule has 0 aliphatic heterocycles. The SMILES string of the molecule is CC(C)(OC(=O)c1cc2c(n(CC3CCCCC3)c1=O)CCCCCC2)C(=O)NNC(=O)c1cccs1. The first-order chi connectivity index (χ1) is 17.8. The van der Waals surface area contributed by atoms with E-state index in [0.29, 0.717) is 17.3 Å². The number of esters is 1. The Balaban J connectivity index is 1.54. The van der Waals surface area contributed by atoms with Gasteiger partial charge in [-0.05, 0) is 81.4 Å². The molecule has 8 nitrogen and oxygen atoms in total. The molecule has 0 bridgehead atoms. The van der Waals surface area contributed by atoms with Crippen LogP contribution < -0.4 is 16.4 Å². The lowest BCUT2D eigenvalue weighted by Gasteiger charge is -2.27. The summed E-state index contributed by atoms with van der Waals surface area (Å²) in [5.41, 5.74) is 4.78. The lowest BCUT2D eigenvalue weighted by Crippen LogP contribution is -2.52. The molecule has 2 amide bonds. The van der Waals surface area contributed by atoms with E-state index in [2.05, 4.69) is 10.9 Å². The normalized spacial score (nSPS) is 16.7. The summed E-state index contributed by atoms with van der Waals surface area (Å²) < 4.78 is 7.40. The molecule has 0 radical (unpaired) electrons. The molecule has 0 aromatic carbocycles. The second-order valence-electron chi connectivity index (χ2n) is 10.6. The van der Waals surface area contributed by atoms with E-state index >= 15 is 0 Å². The van der Waals surface area contributed by atoms with Crippen molar-refractivity contribution >= 4 is 29.1 Å². The third-order valence-corrected chi connectivity index (χ3v) is 8.28. The van der Waals surface area contributed by atoms with E-state index in [1.807, 2.05) is 4.57 Å². The number of rotatable bonds is 6. The summed E-state index contributed by atoms with van der Waals surface area (Å²) in [6, 6.07) is 5.06. The molecular formula is C28H37N3O5S. The van der Waals surface area contributed by atoms with E-state index < -0.39 is 23.4 Å². The summed E-state index contributed by atoms with van der Waals surface area (Å²) in [6.45, 7) is 3.50. The molecule has 2 aromatic heterocycles. The molecule has 37 heavy (non-hydrogen) atoms. The summed E-state index contributed by atoms with van der Waals surface area (Å²) in [6.07, 6.45) is 11.8. The van der Waals surface area contributed by atoms with Gasteiger partial charge in [-0.3, -0.25) is 25.2 Å². The van der Waals surface area contributed by atoms with Crippen LogP contribution in [0.5, 0.6) is 0 Å². The Hall–Kier alpha value is -2.94. The predicted molar refractivity (Wildman–Crippen MR) is 143 cm³/mol. The van der Waals surface area contributed by atoms with E-state index in [4.69, 9.17) is 4.74 Å². The largest absolute Gasteiger partial charge is 0.446 e. The number of carbonyl (C=O) groups excluding carboxylic acids is 3. The number of thiophene rings is 1. The molecule has 4 rings (SSSR count). The molecule has 2 heterocycles. The average Bonchev–Trinajstić information content (AvgIpc) is 3.40. The Bertz CT molecular complexity index is 1180. The molecule has 2 aliphatic rings. The highest BCUT2D eigenvalue weighted by molar-refractivity contribution is 7.12. The Labute approximate surface area is 221 Å². The summed E-state index contributed by atoms with van der Waals surface area (Å²) in [5.74, 6) is -1.55. The van der Waals surface area contributed by atoms with Gasteiger partial charge in [0.05, 0.1) is 4.88 Å². The van der Waals surface area contributed by atoms with E-state index in [1.165, 1.54) is 44.4 Å². The fourth-order valence-corrected chi connectivity index (χ4v) is 5.89. The fraction of sp³-hybridized carbons (Fsp3) is 0.571. The monoisotopic (exact) mass is 527 g/mol. The minimum Gasteiger partial charge on any atom is -0.446 e. The first kappa shape index (κ1) is 27.1. The van der Waals surface area contributed by atoms with Crippen molar-refractivity contribution in [2.45, 2.75) is 96.6 Å². The molecule has 0 spiro atoms. The van der Waals surface area contributed by atoms with Crippen molar-refractivity contribution in [3.05, 3.63) is 55.6 Å². The maximum atomic E-state index is 13.7. The molecule has 9 heteroatoms. The second kappa shape index (κ2) is 12.1. The summed E-state index contributed by atoms with van der Waals surface area (Å²) in [4.78, 5) is 52.3. The quantitative estimate of drug-likeness (QED) is 0.424. The lowest BCUT2D eigenvalue weighted by atomic mass is 9.88. The van der Waals surface area contributed by atoms with E-state index in [1.54, 1.807) is 23.6 Å². The van der Waals surface area contributed by atoms with Crippen molar-refractivity contribution in [3.63, 3.8) is 0 Å². The van der Waals surface area contributed by atoms with Crippen LogP contribution in [0, 0.1) is 5.92 Å². The molecular weight excluding hydrogens is 490 g/mol. The van der Waals surface area contributed by atoms with Crippen LogP contribution in [-0.4, -0.2) is 28.0 Å². The standard InChI is InChI=1S/C28H37N3O5S/c1-28(2,27(35)30-29-24(32)23-15-10-16-37-23)36-26(34)21-17-20-13-8-3-4-9-14-22(20)31(25(21)33)18-19-11-6-5-7-12-19/h10,15-17,19H,3-9,11-14,18H2,1-2H3,(H,29,32)(H,30,35). The summed E-state index contributed by atoms with van der Waals surface area (Å²) >= 11 is 1.24. The maximum absolute atomic E-state index is 13.7. The lowest BCUT2D eigenvalue weighted by molar-refractivity contribution is -0.138. The number of fused-ring (bicyclic) bond motifs is 1. The van der Waals surface area contributed by atoms with Crippen molar-refractivity contribution in [1.82, 2.24) is 15.4 Å². The van der Waals surface area contributed by atoms with Crippen molar-refractivity contribution in [2.24, 2.45) is 5.92 Å². The number of pyridine rings is 1. The predicted octanol–water partition coefficient (Wildman–Crippen LogP) is 4.55. The molecule has 2 aromatic rings. The Morgan fingerprint density at radius 1 is 1.03 bits per heavy atom. The van der Waals surface area contributed by atoms with E-state index in [9.17, 15) is 19.2 Å². The molecule has 0 saturated heterocycles. The van der Waals surface area contributed by atoms with Crippen LogP contribution in [0.1, 0.15) is 103 Å². The van der Waals surface area contributed by atoms with E-state index in [0.717, 1.165) is 62.6 Å². The highest BCUT2D eigenvalue weighted by Gasteiger charge is 2.34. The summed E-state index contributed by atoms with van der Waals surface area (Å²) in [5, 5.41) is 1.76. The number of hydrogen-bond acceptors (Lipinski definition) is 6. The molecule has 200 valence electrons. The van der Waals surface area contributed by atoms with Gasteiger partial charge in [0.2, 0.25) is 0 Å². The topological polar surface area (TPSA) is 106 Å². The smallest absolute Gasteiger partial charge is 0.344 e. The number of aromatic nitrogens is 1. The summed E-state index contributed by atoms with van der Waals surface area (Å²) in [7, 11) is 0. The number of ether oxygens (including phenoxy) is 1. The molecule has 2 aliphatic carbocycles. The Kier molecular flexibility index (Phi) is 8.84. The van der Waals surface area contributed by atoms with Gasteiger partial charge >= 0.3 is 5.97 Å².